The van der Waals surface area contributed by atoms with Crippen LogP contribution in [0.15, 0.2) is 36.8 Å². The number of aryl methyl sites for hydroxylation is 1. The van der Waals surface area contributed by atoms with E-state index in [2.05, 4.69) is 15.4 Å². The second-order valence-corrected chi connectivity index (χ2v) is 3.75. The van der Waals surface area contributed by atoms with Crippen LogP contribution in [0.5, 0.6) is 0 Å². The second-order valence-electron chi connectivity index (χ2n) is 3.75. The van der Waals surface area contributed by atoms with Gasteiger partial charge in [-0.05, 0) is 18.6 Å². The van der Waals surface area contributed by atoms with Gasteiger partial charge >= 0.3 is 0 Å². The Balaban J connectivity index is 1.75. The van der Waals surface area contributed by atoms with E-state index in [1.807, 2.05) is 12.3 Å². The summed E-state index contributed by atoms with van der Waals surface area (Å²) in [7, 11) is 0. The molecule has 0 bridgehead atoms. The van der Waals surface area contributed by atoms with Gasteiger partial charge in [0.25, 0.3) is 5.91 Å². The minimum atomic E-state index is -0.654. The van der Waals surface area contributed by atoms with Crippen LogP contribution in [0.25, 0.3) is 0 Å². The number of pyridine rings is 1. The summed E-state index contributed by atoms with van der Waals surface area (Å²) in [5.41, 5.74) is 0.279. The number of hydrogen-bond donors (Lipinski definition) is 1. The average molecular weight is 248 g/mol. The van der Waals surface area contributed by atoms with E-state index in [4.69, 9.17) is 0 Å². The Hall–Kier alpha value is -2.24. The van der Waals surface area contributed by atoms with Gasteiger partial charge in [0.15, 0.2) is 0 Å². The molecule has 0 fully saturated rings. The number of carbonyl (C=O) groups excluding carboxylic acids is 1. The normalized spacial score (nSPS) is 10.3. The highest BCUT2D eigenvalue weighted by Gasteiger charge is 2.05. The van der Waals surface area contributed by atoms with Crippen molar-refractivity contribution in [3.05, 3.63) is 48.3 Å². The Morgan fingerprint density at radius 1 is 1.44 bits per heavy atom. The summed E-state index contributed by atoms with van der Waals surface area (Å²) in [6, 6.07) is 4.44. The summed E-state index contributed by atoms with van der Waals surface area (Å²) in [5.74, 6) is -0.948. The molecule has 0 atom stereocenters. The summed E-state index contributed by atoms with van der Waals surface area (Å²) < 4.78 is 14.6. The number of nitrogens with zero attached hydrogens (tertiary/aromatic N) is 3. The van der Waals surface area contributed by atoms with Crippen molar-refractivity contribution < 1.29 is 9.18 Å². The summed E-state index contributed by atoms with van der Waals surface area (Å²) >= 11 is 0. The third kappa shape index (κ3) is 3.38. The molecular formula is C12H13FN4O. The van der Waals surface area contributed by atoms with Crippen LogP contribution in [-0.4, -0.2) is 27.2 Å². The smallest absolute Gasteiger partial charge is 0.251 e. The Morgan fingerprint density at radius 3 is 3.06 bits per heavy atom. The molecule has 0 spiro atoms. The van der Waals surface area contributed by atoms with Crippen LogP contribution >= 0.6 is 0 Å². The molecule has 2 aromatic rings. The van der Waals surface area contributed by atoms with Crippen LogP contribution in [0.3, 0.4) is 0 Å². The molecule has 0 radical (unpaired) electrons. The highest BCUT2D eigenvalue weighted by molar-refractivity contribution is 5.93. The maximum atomic E-state index is 12.8. The summed E-state index contributed by atoms with van der Waals surface area (Å²) in [6.07, 6.45) is 5.60. The average Bonchev–Trinajstić information content (AvgIpc) is 2.87. The van der Waals surface area contributed by atoms with Crippen LogP contribution in [-0.2, 0) is 6.54 Å². The van der Waals surface area contributed by atoms with E-state index >= 15 is 0 Å². The highest BCUT2D eigenvalue weighted by Crippen LogP contribution is 2.00. The lowest BCUT2D eigenvalue weighted by molar-refractivity contribution is 0.0952. The SMILES string of the molecule is O=C(NCCCn1cccn1)c1ccnc(F)c1. The number of hydrogen-bond acceptors (Lipinski definition) is 3. The molecular weight excluding hydrogens is 235 g/mol. The van der Waals surface area contributed by atoms with E-state index in [-0.39, 0.29) is 11.5 Å². The molecule has 0 aliphatic heterocycles. The highest BCUT2D eigenvalue weighted by atomic mass is 19.1. The predicted molar refractivity (Wildman–Crippen MR) is 63.4 cm³/mol. The van der Waals surface area contributed by atoms with Crippen LogP contribution in [0.1, 0.15) is 16.8 Å². The van der Waals surface area contributed by atoms with Crippen molar-refractivity contribution in [1.29, 1.82) is 0 Å². The van der Waals surface area contributed by atoms with Gasteiger partial charge in [0.2, 0.25) is 5.95 Å². The Labute approximate surface area is 104 Å². The topological polar surface area (TPSA) is 59.8 Å². The van der Waals surface area contributed by atoms with Gasteiger partial charge in [0, 0.05) is 43.3 Å². The zero-order valence-corrected chi connectivity index (χ0v) is 9.71. The van der Waals surface area contributed by atoms with Crippen molar-refractivity contribution >= 4 is 5.91 Å². The maximum absolute atomic E-state index is 12.8. The Morgan fingerprint density at radius 2 is 2.33 bits per heavy atom. The van der Waals surface area contributed by atoms with E-state index in [9.17, 15) is 9.18 Å². The number of halogens is 1. The van der Waals surface area contributed by atoms with E-state index in [1.54, 1.807) is 10.9 Å². The first kappa shape index (κ1) is 12.2. The minimum Gasteiger partial charge on any atom is -0.352 e. The van der Waals surface area contributed by atoms with Crippen molar-refractivity contribution in [3.8, 4) is 0 Å². The standard InChI is InChI=1S/C12H13FN4O/c13-11-9-10(3-6-14-11)12(18)15-4-1-7-17-8-2-5-16-17/h2-3,5-6,8-9H,1,4,7H2,(H,15,18). The van der Waals surface area contributed by atoms with Crippen LogP contribution in [0.4, 0.5) is 4.39 Å². The Kier molecular flexibility index (Phi) is 4.01. The van der Waals surface area contributed by atoms with Gasteiger partial charge in [0.05, 0.1) is 0 Å². The molecule has 2 rings (SSSR count). The van der Waals surface area contributed by atoms with Gasteiger partial charge < -0.3 is 5.32 Å². The molecule has 1 amide bonds. The third-order valence-corrected chi connectivity index (χ3v) is 2.40. The molecule has 18 heavy (non-hydrogen) atoms. The van der Waals surface area contributed by atoms with Gasteiger partial charge in [-0.3, -0.25) is 9.48 Å². The zero-order chi connectivity index (χ0) is 12.8. The largest absolute Gasteiger partial charge is 0.352 e. The lowest BCUT2D eigenvalue weighted by atomic mass is 10.2. The molecule has 0 unspecified atom stereocenters. The quantitative estimate of drug-likeness (QED) is 0.639. The van der Waals surface area contributed by atoms with Gasteiger partial charge in [-0.2, -0.15) is 9.49 Å². The number of amides is 1. The van der Waals surface area contributed by atoms with E-state index in [0.717, 1.165) is 19.0 Å². The van der Waals surface area contributed by atoms with Crippen molar-refractivity contribution in [3.63, 3.8) is 0 Å². The number of rotatable bonds is 5. The van der Waals surface area contributed by atoms with Crippen LogP contribution in [0, 0.1) is 5.95 Å². The van der Waals surface area contributed by atoms with Gasteiger partial charge in [-0.15, -0.1) is 0 Å². The van der Waals surface area contributed by atoms with Gasteiger partial charge in [-0.1, -0.05) is 0 Å². The van der Waals surface area contributed by atoms with Gasteiger partial charge in [0.1, 0.15) is 0 Å². The molecule has 0 saturated carbocycles. The molecule has 5 nitrogen and oxygen atoms in total. The number of carbonyl (C=O) groups is 1. The molecule has 1 N–H and O–H groups in total. The van der Waals surface area contributed by atoms with Crippen molar-refractivity contribution in [2.24, 2.45) is 0 Å². The predicted octanol–water partition coefficient (Wildman–Crippen LogP) is 1.24. The molecule has 0 aliphatic rings. The maximum Gasteiger partial charge on any atom is 0.251 e. The molecule has 0 saturated heterocycles. The van der Waals surface area contributed by atoms with E-state index in [1.165, 1.54) is 12.3 Å². The van der Waals surface area contributed by atoms with E-state index < -0.39 is 5.95 Å². The fourth-order valence-electron chi connectivity index (χ4n) is 1.52. The first-order valence-corrected chi connectivity index (χ1v) is 5.63. The second kappa shape index (κ2) is 5.90. The van der Waals surface area contributed by atoms with Crippen molar-refractivity contribution in [2.45, 2.75) is 13.0 Å². The fraction of sp³-hybridized carbons (Fsp3) is 0.250. The first-order chi connectivity index (χ1) is 8.75. The molecule has 0 aliphatic carbocycles. The first-order valence-electron chi connectivity index (χ1n) is 5.63. The molecule has 0 aromatic carbocycles. The van der Waals surface area contributed by atoms with Crippen molar-refractivity contribution in [1.82, 2.24) is 20.1 Å². The third-order valence-electron chi connectivity index (χ3n) is 2.40. The van der Waals surface area contributed by atoms with Gasteiger partial charge in [-0.25, -0.2) is 4.98 Å². The Bertz CT molecular complexity index is 513. The zero-order valence-electron chi connectivity index (χ0n) is 9.71. The lowest BCUT2D eigenvalue weighted by Gasteiger charge is -2.05. The van der Waals surface area contributed by atoms with Crippen LogP contribution in [0.2, 0.25) is 0 Å². The summed E-state index contributed by atoms with van der Waals surface area (Å²) in [6.45, 7) is 1.25. The monoisotopic (exact) mass is 248 g/mol. The molecule has 94 valence electrons. The molecule has 2 heterocycles. The van der Waals surface area contributed by atoms with Crippen molar-refractivity contribution in [2.75, 3.05) is 6.54 Å². The minimum absolute atomic E-state index is 0.279. The lowest BCUT2D eigenvalue weighted by Crippen LogP contribution is -2.25. The summed E-state index contributed by atoms with van der Waals surface area (Å²) in [5, 5.41) is 6.76. The molecule has 6 heteroatoms. The fourth-order valence-corrected chi connectivity index (χ4v) is 1.52. The summed E-state index contributed by atoms with van der Waals surface area (Å²) in [4.78, 5) is 15.0. The number of aromatic nitrogens is 3. The molecule has 2 aromatic heterocycles. The number of nitrogens with one attached hydrogen (secondary N) is 1. The van der Waals surface area contributed by atoms with E-state index in [0.29, 0.717) is 6.54 Å². The van der Waals surface area contributed by atoms with Crippen LogP contribution < -0.4 is 5.32 Å².